The topological polar surface area (TPSA) is 89.5 Å². The summed E-state index contributed by atoms with van der Waals surface area (Å²) in [6.45, 7) is 4.47. The molecular formula is C26H25ClF3N3O4. The van der Waals surface area contributed by atoms with Gasteiger partial charge in [0.1, 0.15) is 11.5 Å². The summed E-state index contributed by atoms with van der Waals surface area (Å²) in [6.07, 6.45) is -1.44. The van der Waals surface area contributed by atoms with Crippen LogP contribution in [-0.4, -0.2) is 23.6 Å². The number of hydrogen-bond acceptors (Lipinski definition) is 5. The van der Waals surface area contributed by atoms with Crippen LogP contribution in [0.2, 0.25) is 5.02 Å². The number of pyridine rings is 1. The van der Waals surface area contributed by atoms with E-state index >= 15 is 0 Å². The molecule has 1 heterocycles. The molecule has 0 spiro atoms. The molecule has 0 aliphatic carbocycles. The normalized spacial score (nSPS) is 11.9. The minimum absolute atomic E-state index is 0.0685. The maximum Gasteiger partial charge on any atom is 0.417 e. The molecule has 2 aromatic carbocycles. The fourth-order valence-corrected chi connectivity index (χ4v) is 3.30. The molecule has 0 aliphatic rings. The van der Waals surface area contributed by atoms with Gasteiger partial charge in [-0.1, -0.05) is 31.9 Å². The SMILES string of the molecule is CC[C@H](C)CCOC(=O)c1cc(Oc2ccc(NC(=O)Nc3ccc(Cl)c(C(F)(F)F)c3)cc2)ccn1. The molecular weight excluding hydrogens is 511 g/mol. The van der Waals surface area contributed by atoms with Gasteiger partial charge in [-0.3, -0.25) is 0 Å². The summed E-state index contributed by atoms with van der Waals surface area (Å²) in [5, 5.41) is 4.39. The zero-order valence-electron chi connectivity index (χ0n) is 20.1. The molecule has 3 rings (SSSR count). The number of nitrogens with one attached hydrogen (secondary N) is 2. The second-order valence-corrected chi connectivity index (χ2v) is 8.62. The fraction of sp³-hybridized carbons (Fsp3) is 0.269. The summed E-state index contributed by atoms with van der Waals surface area (Å²) >= 11 is 5.59. The number of hydrogen-bond donors (Lipinski definition) is 2. The lowest BCUT2D eigenvalue weighted by molar-refractivity contribution is -0.137. The van der Waals surface area contributed by atoms with Gasteiger partial charge in [-0.25, -0.2) is 14.6 Å². The van der Waals surface area contributed by atoms with Crippen molar-refractivity contribution in [2.75, 3.05) is 17.2 Å². The predicted molar refractivity (Wildman–Crippen MR) is 134 cm³/mol. The van der Waals surface area contributed by atoms with Gasteiger partial charge in [0.25, 0.3) is 0 Å². The zero-order chi connectivity index (χ0) is 27.0. The third-order valence-corrected chi connectivity index (χ3v) is 5.69. The summed E-state index contributed by atoms with van der Waals surface area (Å²) in [5.74, 6) is 0.701. The Kier molecular flexibility index (Phi) is 9.35. The first-order valence-corrected chi connectivity index (χ1v) is 11.8. The first-order chi connectivity index (χ1) is 17.5. The molecule has 0 bridgehead atoms. The third-order valence-electron chi connectivity index (χ3n) is 5.36. The zero-order valence-corrected chi connectivity index (χ0v) is 20.8. The maximum absolute atomic E-state index is 13.0. The van der Waals surface area contributed by atoms with Gasteiger partial charge in [-0.15, -0.1) is 0 Å². The Morgan fingerprint density at radius 1 is 1.00 bits per heavy atom. The number of rotatable bonds is 9. The largest absolute Gasteiger partial charge is 0.461 e. The Hall–Kier alpha value is -3.79. The van der Waals surface area contributed by atoms with Crippen LogP contribution in [0.25, 0.3) is 0 Å². The van der Waals surface area contributed by atoms with E-state index in [1.54, 1.807) is 30.3 Å². The number of ether oxygens (including phenoxy) is 2. The second-order valence-electron chi connectivity index (χ2n) is 8.21. The van der Waals surface area contributed by atoms with Crippen LogP contribution in [0.15, 0.2) is 60.8 Å². The van der Waals surface area contributed by atoms with E-state index < -0.39 is 28.8 Å². The number of alkyl halides is 3. The standard InChI is InChI=1S/C26H25ClF3N3O4/c1-3-16(2)11-13-36-24(34)23-15-20(10-12-31-23)37-19-7-4-17(5-8-19)32-25(35)33-18-6-9-22(27)21(14-18)26(28,29)30/h4-10,12,14-16H,3,11,13H2,1-2H3,(H2,32,33,35)/t16-/m0/s1. The number of amides is 2. The second kappa shape index (κ2) is 12.4. The van der Waals surface area contributed by atoms with Crippen molar-refractivity contribution in [3.63, 3.8) is 0 Å². The average molecular weight is 536 g/mol. The lowest BCUT2D eigenvalue weighted by Crippen LogP contribution is -2.19. The number of urea groups is 1. The monoisotopic (exact) mass is 535 g/mol. The van der Waals surface area contributed by atoms with E-state index in [1.165, 1.54) is 18.3 Å². The lowest BCUT2D eigenvalue weighted by atomic mass is 10.1. The molecule has 0 aliphatic heterocycles. The van der Waals surface area contributed by atoms with Crippen LogP contribution in [0.4, 0.5) is 29.3 Å². The highest BCUT2D eigenvalue weighted by atomic mass is 35.5. The smallest absolute Gasteiger partial charge is 0.417 e. The van der Waals surface area contributed by atoms with Crippen LogP contribution in [0.1, 0.15) is 42.7 Å². The van der Waals surface area contributed by atoms with Crippen molar-refractivity contribution in [2.24, 2.45) is 5.92 Å². The van der Waals surface area contributed by atoms with Crippen molar-refractivity contribution in [1.29, 1.82) is 0 Å². The van der Waals surface area contributed by atoms with Crippen LogP contribution in [0.5, 0.6) is 11.5 Å². The minimum Gasteiger partial charge on any atom is -0.461 e. The van der Waals surface area contributed by atoms with Crippen molar-refractivity contribution in [1.82, 2.24) is 4.98 Å². The van der Waals surface area contributed by atoms with Crippen molar-refractivity contribution >= 4 is 35.0 Å². The molecule has 196 valence electrons. The van der Waals surface area contributed by atoms with Gasteiger partial charge in [-0.05, 0) is 60.9 Å². The molecule has 37 heavy (non-hydrogen) atoms. The van der Waals surface area contributed by atoms with Crippen LogP contribution < -0.4 is 15.4 Å². The molecule has 0 saturated carbocycles. The van der Waals surface area contributed by atoms with Crippen molar-refractivity contribution in [2.45, 2.75) is 32.9 Å². The number of carbonyl (C=O) groups excluding carboxylic acids is 2. The molecule has 1 atom stereocenters. The molecule has 11 heteroatoms. The Bertz CT molecular complexity index is 1240. The summed E-state index contributed by atoms with van der Waals surface area (Å²) in [6, 6.07) is 11.6. The summed E-state index contributed by atoms with van der Waals surface area (Å²) in [5.41, 5.74) is -0.629. The molecule has 0 fully saturated rings. The number of halogens is 4. The first kappa shape index (κ1) is 27.8. The van der Waals surface area contributed by atoms with Gasteiger partial charge in [-0.2, -0.15) is 13.2 Å². The molecule has 3 aromatic rings. The maximum atomic E-state index is 13.0. The predicted octanol–water partition coefficient (Wildman–Crippen LogP) is 7.78. The van der Waals surface area contributed by atoms with Gasteiger partial charge >= 0.3 is 18.2 Å². The van der Waals surface area contributed by atoms with E-state index in [1.807, 2.05) is 0 Å². The lowest BCUT2D eigenvalue weighted by Gasteiger charge is -2.13. The van der Waals surface area contributed by atoms with E-state index in [9.17, 15) is 22.8 Å². The molecule has 0 radical (unpaired) electrons. The molecule has 7 nitrogen and oxygen atoms in total. The number of esters is 1. The van der Waals surface area contributed by atoms with Gasteiger partial charge in [0.05, 0.1) is 17.2 Å². The Balaban J connectivity index is 1.56. The Morgan fingerprint density at radius 3 is 2.35 bits per heavy atom. The van der Waals surface area contributed by atoms with Crippen LogP contribution in [-0.2, 0) is 10.9 Å². The summed E-state index contributed by atoms with van der Waals surface area (Å²) in [7, 11) is 0. The minimum atomic E-state index is -4.65. The Labute approximate surface area is 216 Å². The summed E-state index contributed by atoms with van der Waals surface area (Å²) < 4.78 is 50.0. The molecule has 0 saturated heterocycles. The van der Waals surface area contributed by atoms with E-state index in [0.717, 1.165) is 25.0 Å². The van der Waals surface area contributed by atoms with Gasteiger partial charge in [0, 0.05) is 23.6 Å². The van der Waals surface area contributed by atoms with Crippen LogP contribution >= 0.6 is 11.6 Å². The van der Waals surface area contributed by atoms with Gasteiger partial charge in [0.15, 0.2) is 5.69 Å². The van der Waals surface area contributed by atoms with Crippen molar-refractivity contribution < 1.29 is 32.2 Å². The van der Waals surface area contributed by atoms with E-state index in [4.69, 9.17) is 21.1 Å². The number of carbonyl (C=O) groups is 2. The number of benzene rings is 2. The number of nitrogens with zero attached hydrogens (tertiary/aromatic N) is 1. The fourth-order valence-electron chi connectivity index (χ4n) is 3.07. The van der Waals surface area contributed by atoms with Crippen molar-refractivity contribution in [3.05, 3.63) is 77.1 Å². The quantitative estimate of drug-likeness (QED) is 0.273. The van der Waals surface area contributed by atoms with E-state index in [-0.39, 0.29) is 11.4 Å². The highest BCUT2D eigenvalue weighted by Gasteiger charge is 2.33. The highest BCUT2D eigenvalue weighted by molar-refractivity contribution is 6.31. The molecule has 1 aromatic heterocycles. The van der Waals surface area contributed by atoms with E-state index in [2.05, 4.69) is 29.5 Å². The van der Waals surface area contributed by atoms with Gasteiger partial charge in [0.2, 0.25) is 0 Å². The molecule has 0 unspecified atom stereocenters. The number of aromatic nitrogens is 1. The van der Waals surface area contributed by atoms with Crippen molar-refractivity contribution in [3.8, 4) is 11.5 Å². The van der Waals surface area contributed by atoms with Gasteiger partial charge < -0.3 is 20.1 Å². The average Bonchev–Trinajstić information content (AvgIpc) is 2.85. The Morgan fingerprint density at radius 2 is 1.68 bits per heavy atom. The van der Waals surface area contributed by atoms with E-state index in [0.29, 0.717) is 29.7 Å². The third kappa shape index (κ3) is 8.38. The number of anilines is 2. The highest BCUT2D eigenvalue weighted by Crippen LogP contribution is 2.36. The molecule has 2 amide bonds. The molecule has 2 N–H and O–H groups in total. The van der Waals surface area contributed by atoms with Crippen LogP contribution in [0.3, 0.4) is 0 Å². The first-order valence-electron chi connectivity index (χ1n) is 11.4. The summed E-state index contributed by atoms with van der Waals surface area (Å²) in [4.78, 5) is 28.5. The van der Waals surface area contributed by atoms with Crippen LogP contribution in [0, 0.1) is 5.92 Å².